The molecule has 22 heavy (non-hydrogen) atoms. The first kappa shape index (κ1) is 15.9. The number of hydrogen-bond acceptors (Lipinski definition) is 4. The van der Waals surface area contributed by atoms with Gasteiger partial charge in [-0.05, 0) is 35.4 Å². The summed E-state index contributed by atoms with van der Waals surface area (Å²) in [4.78, 5) is 16.1. The number of anilines is 1. The van der Waals surface area contributed by atoms with Gasteiger partial charge in [0.05, 0.1) is 5.69 Å². The Labute approximate surface area is 128 Å². The first-order chi connectivity index (χ1) is 10.6. The molecule has 0 fully saturated rings. The van der Waals surface area contributed by atoms with Crippen LogP contribution in [0.3, 0.4) is 0 Å². The van der Waals surface area contributed by atoms with Crippen molar-refractivity contribution in [2.24, 2.45) is 0 Å². The van der Waals surface area contributed by atoms with E-state index in [1.807, 2.05) is 12.1 Å². The van der Waals surface area contributed by atoms with Gasteiger partial charge in [-0.2, -0.15) is 0 Å². The molecule has 5 nitrogen and oxygen atoms in total. The Bertz CT molecular complexity index is 635. The minimum Gasteiger partial charge on any atom is -0.480 e. The van der Waals surface area contributed by atoms with Gasteiger partial charge in [-0.15, -0.1) is 0 Å². The first-order valence-corrected chi connectivity index (χ1v) is 6.87. The summed E-state index contributed by atoms with van der Waals surface area (Å²) in [6.07, 6.45) is 3.46. The summed E-state index contributed by atoms with van der Waals surface area (Å²) in [5.41, 5.74) is 2.29. The molecule has 0 radical (unpaired) electrons. The predicted octanol–water partition coefficient (Wildman–Crippen LogP) is 2.03. The second-order valence-electron chi connectivity index (χ2n) is 4.99. The van der Waals surface area contributed by atoms with Crippen molar-refractivity contribution in [1.82, 2.24) is 10.3 Å². The number of carboxylic acid groups (broad SMARTS) is 1. The number of pyridine rings is 1. The molecule has 116 valence electrons. The Morgan fingerprint density at radius 3 is 2.59 bits per heavy atom. The normalized spacial score (nSPS) is 10.5. The number of aromatic nitrogens is 1. The first-order valence-electron chi connectivity index (χ1n) is 6.87. The Kier molecular flexibility index (Phi) is 5.43. The van der Waals surface area contributed by atoms with Gasteiger partial charge in [0, 0.05) is 32.5 Å². The van der Waals surface area contributed by atoms with Crippen LogP contribution in [0.25, 0.3) is 0 Å². The van der Waals surface area contributed by atoms with Crippen molar-refractivity contribution in [2.75, 3.05) is 18.5 Å². The van der Waals surface area contributed by atoms with E-state index in [1.54, 1.807) is 31.6 Å². The van der Waals surface area contributed by atoms with Crippen LogP contribution in [-0.2, 0) is 17.9 Å². The minimum absolute atomic E-state index is 0.245. The molecule has 0 saturated heterocycles. The second-order valence-corrected chi connectivity index (χ2v) is 4.99. The zero-order valence-electron chi connectivity index (χ0n) is 12.3. The molecule has 0 spiro atoms. The summed E-state index contributed by atoms with van der Waals surface area (Å²) in [5.74, 6) is -1.43. The number of halogens is 1. The maximum Gasteiger partial charge on any atom is 0.323 e. The van der Waals surface area contributed by atoms with Gasteiger partial charge >= 0.3 is 5.97 Å². The molecule has 2 aromatic rings. The average molecular weight is 303 g/mol. The van der Waals surface area contributed by atoms with Crippen LogP contribution in [0.2, 0.25) is 0 Å². The summed E-state index contributed by atoms with van der Waals surface area (Å²) in [6.45, 7) is 1.00. The van der Waals surface area contributed by atoms with E-state index in [-0.39, 0.29) is 12.2 Å². The third kappa shape index (κ3) is 4.53. The number of nitrogens with zero attached hydrogens (tertiary/aromatic N) is 2. The maximum atomic E-state index is 13.8. The quantitative estimate of drug-likeness (QED) is 0.819. The lowest BCUT2D eigenvalue weighted by Crippen LogP contribution is -2.26. The third-order valence-corrected chi connectivity index (χ3v) is 3.20. The van der Waals surface area contributed by atoms with Gasteiger partial charge in [0.1, 0.15) is 12.4 Å². The van der Waals surface area contributed by atoms with Crippen LogP contribution in [0.4, 0.5) is 10.1 Å². The highest BCUT2D eigenvalue weighted by Crippen LogP contribution is 2.19. The van der Waals surface area contributed by atoms with E-state index in [4.69, 9.17) is 5.11 Å². The number of nitrogens with one attached hydrogen (secondary N) is 1. The molecule has 1 aromatic heterocycles. The largest absolute Gasteiger partial charge is 0.480 e. The molecular formula is C16H18FN3O2. The van der Waals surface area contributed by atoms with E-state index in [0.29, 0.717) is 13.1 Å². The van der Waals surface area contributed by atoms with E-state index in [2.05, 4.69) is 10.3 Å². The number of aliphatic carboxylic acids is 1. The van der Waals surface area contributed by atoms with Crippen LogP contribution in [0.5, 0.6) is 0 Å². The van der Waals surface area contributed by atoms with Gasteiger partial charge in [-0.1, -0.05) is 6.07 Å². The molecular weight excluding hydrogens is 285 g/mol. The fraction of sp³-hybridized carbons (Fsp3) is 0.250. The van der Waals surface area contributed by atoms with Crippen LogP contribution in [0.1, 0.15) is 11.1 Å². The number of likely N-dealkylation sites (N-methyl/N-ethyl adjacent to an activating group) is 1. The minimum atomic E-state index is -0.997. The monoisotopic (exact) mass is 303 g/mol. The molecule has 6 heteroatoms. The van der Waals surface area contributed by atoms with Crippen molar-refractivity contribution in [1.29, 1.82) is 0 Å². The fourth-order valence-electron chi connectivity index (χ4n) is 2.10. The lowest BCUT2D eigenvalue weighted by molar-refractivity contribution is -0.135. The number of benzene rings is 1. The van der Waals surface area contributed by atoms with Gasteiger partial charge < -0.3 is 15.3 Å². The summed E-state index contributed by atoms with van der Waals surface area (Å²) < 4.78 is 13.8. The Morgan fingerprint density at radius 2 is 1.91 bits per heavy atom. The Hall–Kier alpha value is -2.47. The number of hydrogen-bond donors (Lipinski definition) is 2. The molecule has 2 N–H and O–H groups in total. The zero-order valence-corrected chi connectivity index (χ0v) is 12.3. The van der Waals surface area contributed by atoms with Gasteiger partial charge in [0.2, 0.25) is 0 Å². The lowest BCUT2D eigenvalue weighted by atomic mass is 10.1. The highest BCUT2D eigenvalue weighted by atomic mass is 19.1. The van der Waals surface area contributed by atoms with Crippen molar-refractivity contribution in [3.05, 3.63) is 59.7 Å². The van der Waals surface area contributed by atoms with E-state index >= 15 is 0 Å². The molecule has 1 aromatic carbocycles. The topological polar surface area (TPSA) is 65.5 Å². The van der Waals surface area contributed by atoms with E-state index < -0.39 is 11.8 Å². The molecule has 0 amide bonds. The summed E-state index contributed by atoms with van der Waals surface area (Å²) in [5, 5.41) is 12.1. The van der Waals surface area contributed by atoms with E-state index in [0.717, 1.165) is 11.1 Å². The van der Waals surface area contributed by atoms with Gasteiger partial charge in [0.25, 0.3) is 0 Å². The van der Waals surface area contributed by atoms with Crippen LogP contribution in [-0.4, -0.2) is 29.7 Å². The van der Waals surface area contributed by atoms with Crippen molar-refractivity contribution in [3.8, 4) is 0 Å². The Balaban J connectivity index is 1.98. The van der Waals surface area contributed by atoms with Gasteiger partial charge in [-0.3, -0.25) is 9.78 Å². The van der Waals surface area contributed by atoms with Crippen molar-refractivity contribution in [2.45, 2.75) is 13.1 Å². The van der Waals surface area contributed by atoms with Crippen LogP contribution >= 0.6 is 0 Å². The van der Waals surface area contributed by atoms with Crippen molar-refractivity contribution < 1.29 is 14.3 Å². The summed E-state index contributed by atoms with van der Waals surface area (Å²) in [6, 6.07) is 8.55. The molecule has 0 bridgehead atoms. The van der Waals surface area contributed by atoms with Gasteiger partial charge in [-0.25, -0.2) is 4.39 Å². The van der Waals surface area contributed by atoms with E-state index in [1.165, 1.54) is 11.0 Å². The lowest BCUT2D eigenvalue weighted by Gasteiger charge is -2.18. The molecule has 2 rings (SSSR count). The predicted molar refractivity (Wildman–Crippen MR) is 82.1 cm³/mol. The SMILES string of the molecule is CN(CC(=O)O)c1cc(CNCc2ccncc2)ccc1F. The van der Waals surface area contributed by atoms with Crippen LogP contribution in [0, 0.1) is 5.82 Å². The average Bonchev–Trinajstić information content (AvgIpc) is 2.49. The number of carbonyl (C=O) groups is 1. The molecule has 1 heterocycles. The third-order valence-electron chi connectivity index (χ3n) is 3.20. The summed E-state index contributed by atoms with van der Waals surface area (Å²) >= 11 is 0. The molecule has 0 unspecified atom stereocenters. The molecule has 0 aliphatic carbocycles. The molecule has 0 aliphatic heterocycles. The number of carboxylic acids is 1. The molecule has 0 saturated carbocycles. The van der Waals surface area contributed by atoms with Crippen LogP contribution in [0.15, 0.2) is 42.7 Å². The fourth-order valence-corrected chi connectivity index (χ4v) is 2.10. The van der Waals surface area contributed by atoms with Crippen LogP contribution < -0.4 is 10.2 Å². The number of rotatable bonds is 7. The second kappa shape index (κ2) is 7.51. The molecule has 0 aliphatic rings. The summed E-state index contributed by atoms with van der Waals surface area (Å²) in [7, 11) is 1.56. The Morgan fingerprint density at radius 1 is 1.23 bits per heavy atom. The molecule has 0 atom stereocenters. The zero-order chi connectivity index (χ0) is 15.9. The van der Waals surface area contributed by atoms with Crippen molar-refractivity contribution >= 4 is 11.7 Å². The maximum absolute atomic E-state index is 13.8. The highest BCUT2D eigenvalue weighted by molar-refractivity contribution is 5.73. The van der Waals surface area contributed by atoms with Gasteiger partial charge in [0.15, 0.2) is 0 Å². The smallest absolute Gasteiger partial charge is 0.323 e. The standard InChI is InChI=1S/C16H18FN3O2/c1-20(11-16(21)22)15-8-13(2-3-14(15)17)10-19-9-12-4-6-18-7-5-12/h2-8,19H,9-11H2,1H3,(H,21,22). The van der Waals surface area contributed by atoms with Crippen molar-refractivity contribution in [3.63, 3.8) is 0 Å². The highest BCUT2D eigenvalue weighted by Gasteiger charge is 2.11. The van der Waals surface area contributed by atoms with E-state index in [9.17, 15) is 9.18 Å².